The number of hydrogen-bond acceptors (Lipinski definition) is 5. The van der Waals surface area contributed by atoms with Gasteiger partial charge in [-0.3, -0.25) is 0 Å². The van der Waals surface area contributed by atoms with Crippen molar-refractivity contribution in [1.82, 2.24) is 19.6 Å². The van der Waals surface area contributed by atoms with Gasteiger partial charge in [-0.1, -0.05) is 0 Å². The van der Waals surface area contributed by atoms with Crippen molar-refractivity contribution in [3.63, 3.8) is 0 Å². The SMILES string of the molecule is N#CCC1CCCN(n2c(CO)nc3cnc4[nH]ccc4c32)CC1. The van der Waals surface area contributed by atoms with Crippen molar-refractivity contribution in [2.24, 2.45) is 5.92 Å². The first-order valence-corrected chi connectivity index (χ1v) is 8.38. The molecule has 0 bridgehead atoms. The van der Waals surface area contributed by atoms with Gasteiger partial charge in [0.05, 0.1) is 12.3 Å². The molecule has 7 nitrogen and oxygen atoms in total. The minimum Gasteiger partial charge on any atom is -0.388 e. The van der Waals surface area contributed by atoms with Gasteiger partial charge in [0, 0.05) is 31.1 Å². The van der Waals surface area contributed by atoms with E-state index in [-0.39, 0.29) is 6.61 Å². The Labute approximate surface area is 139 Å². The first-order chi connectivity index (χ1) is 11.8. The van der Waals surface area contributed by atoms with Crippen LogP contribution in [0.15, 0.2) is 18.5 Å². The lowest BCUT2D eigenvalue weighted by Crippen LogP contribution is -2.37. The van der Waals surface area contributed by atoms with Crippen LogP contribution in [-0.2, 0) is 6.61 Å². The van der Waals surface area contributed by atoms with Crippen LogP contribution in [-0.4, -0.2) is 37.8 Å². The molecule has 3 aromatic heterocycles. The van der Waals surface area contributed by atoms with Crippen molar-refractivity contribution >= 4 is 22.1 Å². The van der Waals surface area contributed by atoms with E-state index in [4.69, 9.17) is 5.26 Å². The molecule has 0 spiro atoms. The standard InChI is InChI=1S/C17H20N6O/c18-6-3-12-2-1-8-22(9-5-12)23-15(11-24)21-14-10-20-17-13(16(14)23)4-7-19-17/h4,7,10,12,24H,1-3,5,8-9,11H2,(H,19,20). The number of aromatic amines is 1. The van der Waals surface area contributed by atoms with Crippen molar-refractivity contribution in [3.05, 3.63) is 24.3 Å². The molecular formula is C17H20N6O. The summed E-state index contributed by atoms with van der Waals surface area (Å²) in [6, 6.07) is 4.30. The summed E-state index contributed by atoms with van der Waals surface area (Å²) in [6.07, 6.45) is 7.35. The molecule has 1 aliphatic rings. The number of fused-ring (bicyclic) bond motifs is 3. The second-order valence-electron chi connectivity index (χ2n) is 6.34. The van der Waals surface area contributed by atoms with Crippen molar-refractivity contribution in [3.8, 4) is 6.07 Å². The molecule has 4 heterocycles. The van der Waals surface area contributed by atoms with E-state index in [1.807, 2.05) is 12.3 Å². The van der Waals surface area contributed by atoms with Gasteiger partial charge < -0.3 is 15.1 Å². The van der Waals surface area contributed by atoms with Crippen LogP contribution in [0.4, 0.5) is 0 Å². The zero-order valence-corrected chi connectivity index (χ0v) is 13.4. The van der Waals surface area contributed by atoms with E-state index >= 15 is 0 Å². The number of imidazole rings is 1. The van der Waals surface area contributed by atoms with E-state index in [1.54, 1.807) is 6.20 Å². The molecule has 7 heteroatoms. The van der Waals surface area contributed by atoms with Crippen molar-refractivity contribution < 1.29 is 5.11 Å². The molecule has 3 aromatic rings. The fourth-order valence-electron chi connectivity index (χ4n) is 3.69. The average Bonchev–Trinajstić information content (AvgIpc) is 3.14. The molecule has 1 atom stereocenters. The predicted octanol–water partition coefficient (Wildman–Crippen LogP) is 2.06. The van der Waals surface area contributed by atoms with Gasteiger partial charge in [0.15, 0.2) is 5.82 Å². The lowest BCUT2D eigenvalue weighted by molar-refractivity contribution is 0.264. The molecule has 0 aliphatic carbocycles. The Morgan fingerprint density at radius 3 is 3.12 bits per heavy atom. The number of nitrogens with one attached hydrogen (secondary N) is 1. The maximum Gasteiger partial charge on any atom is 0.154 e. The second-order valence-corrected chi connectivity index (χ2v) is 6.34. The van der Waals surface area contributed by atoms with Crippen LogP contribution in [0.25, 0.3) is 22.1 Å². The molecule has 0 saturated carbocycles. The van der Waals surface area contributed by atoms with Gasteiger partial charge in [-0.25, -0.2) is 14.6 Å². The molecule has 4 rings (SSSR count). The monoisotopic (exact) mass is 324 g/mol. The Hall–Kier alpha value is -2.59. The molecular weight excluding hydrogens is 304 g/mol. The lowest BCUT2D eigenvalue weighted by Gasteiger charge is -2.26. The predicted molar refractivity (Wildman–Crippen MR) is 90.8 cm³/mol. The molecule has 0 aromatic carbocycles. The molecule has 124 valence electrons. The maximum atomic E-state index is 9.80. The fourth-order valence-corrected chi connectivity index (χ4v) is 3.69. The summed E-state index contributed by atoms with van der Waals surface area (Å²) >= 11 is 0. The molecule has 24 heavy (non-hydrogen) atoms. The molecule has 1 unspecified atom stereocenters. The number of aromatic nitrogens is 4. The number of aliphatic hydroxyl groups is 1. The van der Waals surface area contributed by atoms with Gasteiger partial charge in [0.25, 0.3) is 0 Å². The van der Waals surface area contributed by atoms with Crippen molar-refractivity contribution in [2.45, 2.75) is 32.3 Å². The molecule has 1 saturated heterocycles. The normalized spacial score (nSPS) is 18.8. The van der Waals surface area contributed by atoms with E-state index in [0.29, 0.717) is 18.2 Å². The first-order valence-electron chi connectivity index (χ1n) is 8.38. The minimum atomic E-state index is -0.112. The third-order valence-electron chi connectivity index (χ3n) is 4.87. The van der Waals surface area contributed by atoms with Gasteiger partial charge in [-0.2, -0.15) is 5.26 Å². The molecule has 1 fully saturated rings. The number of rotatable bonds is 3. The summed E-state index contributed by atoms with van der Waals surface area (Å²) in [5.41, 5.74) is 2.61. The highest BCUT2D eigenvalue weighted by Crippen LogP contribution is 2.27. The summed E-state index contributed by atoms with van der Waals surface area (Å²) in [4.78, 5) is 12.1. The van der Waals surface area contributed by atoms with Gasteiger partial charge in [0.1, 0.15) is 23.3 Å². The second kappa shape index (κ2) is 6.13. The number of hydrogen-bond donors (Lipinski definition) is 2. The fraction of sp³-hybridized carbons (Fsp3) is 0.471. The smallest absolute Gasteiger partial charge is 0.154 e. The van der Waals surface area contributed by atoms with Crippen LogP contribution in [0.3, 0.4) is 0 Å². The van der Waals surface area contributed by atoms with E-state index in [0.717, 1.165) is 54.4 Å². The third-order valence-corrected chi connectivity index (χ3v) is 4.87. The van der Waals surface area contributed by atoms with Gasteiger partial charge in [-0.15, -0.1) is 0 Å². The van der Waals surface area contributed by atoms with Crippen LogP contribution < -0.4 is 5.01 Å². The first kappa shape index (κ1) is 15.0. The third kappa shape index (κ3) is 2.39. The Bertz CT molecular complexity index is 905. The number of nitriles is 1. The van der Waals surface area contributed by atoms with Crippen LogP contribution in [0.5, 0.6) is 0 Å². The van der Waals surface area contributed by atoms with E-state index in [9.17, 15) is 5.11 Å². The number of H-pyrrole nitrogens is 1. The van der Waals surface area contributed by atoms with E-state index < -0.39 is 0 Å². The molecule has 0 radical (unpaired) electrons. The highest BCUT2D eigenvalue weighted by molar-refractivity contribution is 6.01. The summed E-state index contributed by atoms with van der Waals surface area (Å²) in [5, 5.41) is 22.0. The van der Waals surface area contributed by atoms with Crippen LogP contribution in [0, 0.1) is 17.2 Å². The van der Waals surface area contributed by atoms with Gasteiger partial charge >= 0.3 is 0 Å². The Balaban J connectivity index is 1.80. The summed E-state index contributed by atoms with van der Waals surface area (Å²) < 4.78 is 2.06. The Morgan fingerprint density at radius 1 is 1.38 bits per heavy atom. The summed E-state index contributed by atoms with van der Waals surface area (Å²) in [6.45, 7) is 1.65. The lowest BCUT2D eigenvalue weighted by atomic mass is 9.98. The highest BCUT2D eigenvalue weighted by Gasteiger charge is 2.22. The minimum absolute atomic E-state index is 0.112. The van der Waals surface area contributed by atoms with Crippen LogP contribution in [0.2, 0.25) is 0 Å². The highest BCUT2D eigenvalue weighted by atomic mass is 16.3. The van der Waals surface area contributed by atoms with Crippen molar-refractivity contribution in [1.29, 1.82) is 5.26 Å². The van der Waals surface area contributed by atoms with Crippen LogP contribution in [0.1, 0.15) is 31.5 Å². The maximum absolute atomic E-state index is 9.80. The summed E-state index contributed by atoms with van der Waals surface area (Å²) in [5.74, 6) is 1.10. The van der Waals surface area contributed by atoms with Gasteiger partial charge in [-0.05, 0) is 31.2 Å². The van der Waals surface area contributed by atoms with E-state index in [2.05, 4.69) is 30.7 Å². The Kier molecular flexibility index (Phi) is 3.82. The zero-order chi connectivity index (χ0) is 16.5. The number of nitrogens with zero attached hydrogens (tertiary/aromatic N) is 5. The topological polar surface area (TPSA) is 93.8 Å². The molecule has 1 aliphatic heterocycles. The average molecular weight is 324 g/mol. The quantitative estimate of drug-likeness (QED) is 0.769. The summed E-state index contributed by atoms with van der Waals surface area (Å²) in [7, 11) is 0. The van der Waals surface area contributed by atoms with Gasteiger partial charge in [0.2, 0.25) is 0 Å². The Morgan fingerprint density at radius 2 is 2.29 bits per heavy atom. The zero-order valence-electron chi connectivity index (χ0n) is 13.4. The van der Waals surface area contributed by atoms with E-state index in [1.165, 1.54) is 0 Å². The molecule has 2 N–H and O–H groups in total. The number of aliphatic hydroxyl groups excluding tert-OH is 1. The van der Waals surface area contributed by atoms with Crippen LogP contribution >= 0.6 is 0 Å². The number of pyridine rings is 1. The molecule has 0 amide bonds. The van der Waals surface area contributed by atoms with Crippen molar-refractivity contribution in [2.75, 3.05) is 18.1 Å². The largest absolute Gasteiger partial charge is 0.388 e.